The summed E-state index contributed by atoms with van der Waals surface area (Å²) in [5.74, 6) is 0.471. The maximum atomic E-state index is 14.1. The van der Waals surface area contributed by atoms with Crippen molar-refractivity contribution < 1.29 is 4.79 Å². The first-order chi connectivity index (χ1) is 19.8. The number of unbranched alkanes of at least 4 members (excludes halogenated alkanes) is 5. The van der Waals surface area contributed by atoms with E-state index >= 15 is 0 Å². The van der Waals surface area contributed by atoms with Crippen molar-refractivity contribution in [3.63, 3.8) is 0 Å². The second kappa shape index (κ2) is 14.5. The average molecular weight is 572 g/mol. The molecule has 0 N–H and O–H groups in total. The molecular weight excluding hydrogens is 530 g/mol. The highest BCUT2D eigenvalue weighted by Crippen LogP contribution is 2.26. The molecule has 1 aromatic heterocycles. The van der Waals surface area contributed by atoms with Crippen LogP contribution < -0.4 is 5.56 Å². The predicted octanol–water partition coefficient (Wildman–Crippen LogP) is 8.86. The largest absolute Gasteiger partial charge is 0.329 e. The van der Waals surface area contributed by atoms with Gasteiger partial charge in [0.25, 0.3) is 11.5 Å². The van der Waals surface area contributed by atoms with Gasteiger partial charge in [-0.15, -0.1) is 0 Å². The van der Waals surface area contributed by atoms with Crippen molar-refractivity contribution in [2.45, 2.75) is 85.1 Å². The van der Waals surface area contributed by atoms with Crippen molar-refractivity contribution in [3.05, 3.63) is 105 Å². The quantitative estimate of drug-likeness (QED) is 0.151. The van der Waals surface area contributed by atoms with Crippen molar-refractivity contribution >= 4 is 28.4 Å². The van der Waals surface area contributed by atoms with Crippen LogP contribution in [-0.2, 0) is 6.42 Å². The van der Waals surface area contributed by atoms with Gasteiger partial charge in [-0.3, -0.25) is 14.2 Å². The van der Waals surface area contributed by atoms with E-state index in [1.54, 1.807) is 22.8 Å². The van der Waals surface area contributed by atoms with Crippen molar-refractivity contribution in [1.82, 2.24) is 14.5 Å². The fourth-order valence-corrected chi connectivity index (χ4v) is 5.44. The zero-order valence-electron chi connectivity index (χ0n) is 24.8. The van der Waals surface area contributed by atoms with Crippen LogP contribution in [0, 0.1) is 6.92 Å². The minimum Gasteiger partial charge on any atom is -0.329 e. The smallest absolute Gasteiger partial charge is 0.266 e. The van der Waals surface area contributed by atoms with Crippen LogP contribution in [-0.4, -0.2) is 26.9 Å². The van der Waals surface area contributed by atoms with Gasteiger partial charge in [0, 0.05) is 17.1 Å². The Morgan fingerprint density at radius 1 is 0.902 bits per heavy atom. The first-order valence-electron chi connectivity index (χ1n) is 15.0. The number of carbonyl (C=O) groups excluding carboxylic acids is 1. The lowest BCUT2D eigenvalue weighted by Crippen LogP contribution is -2.38. The second-order valence-electron chi connectivity index (χ2n) is 11.0. The Bertz CT molecular complexity index is 1510. The van der Waals surface area contributed by atoms with Crippen LogP contribution in [0.15, 0.2) is 71.5 Å². The fourth-order valence-electron chi connectivity index (χ4n) is 5.28. The molecule has 0 radical (unpaired) electrons. The summed E-state index contributed by atoms with van der Waals surface area (Å²) in [7, 11) is 0. The zero-order valence-corrected chi connectivity index (χ0v) is 25.6. The molecule has 1 unspecified atom stereocenters. The lowest BCUT2D eigenvalue weighted by Gasteiger charge is -2.31. The molecular formula is C35H42ClN3O2. The van der Waals surface area contributed by atoms with Gasteiger partial charge in [0.15, 0.2) is 0 Å². The molecule has 4 aromatic rings. The zero-order chi connectivity index (χ0) is 29.4. The van der Waals surface area contributed by atoms with Crippen molar-refractivity contribution in [2.24, 2.45) is 0 Å². The molecule has 1 atom stereocenters. The third-order valence-electron chi connectivity index (χ3n) is 7.77. The normalized spacial score (nSPS) is 12.0. The molecule has 1 amide bonds. The molecule has 5 nitrogen and oxygen atoms in total. The van der Waals surface area contributed by atoms with E-state index in [1.165, 1.54) is 18.4 Å². The van der Waals surface area contributed by atoms with Gasteiger partial charge in [-0.1, -0.05) is 87.4 Å². The molecule has 0 aliphatic heterocycles. The number of aryl methyl sites for hydroxylation is 2. The van der Waals surface area contributed by atoms with Crippen LogP contribution in [0.5, 0.6) is 0 Å². The van der Waals surface area contributed by atoms with Gasteiger partial charge in [0.1, 0.15) is 5.82 Å². The van der Waals surface area contributed by atoms with Crippen molar-refractivity contribution in [1.29, 1.82) is 0 Å². The highest BCUT2D eigenvalue weighted by Gasteiger charge is 2.27. The Kier molecular flexibility index (Phi) is 10.8. The molecule has 6 heteroatoms. The van der Waals surface area contributed by atoms with Gasteiger partial charge < -0.3 is 4.90 Å². The molecule has 3 aromatic carbocycles. The third kappa shape index (κ3) is 7.45. The molecule has 0 aliphatic rings. The highest BCUT2D eigenvalue weighted by molar-refractivity contribution is 6.31. The SMILES string of the molecule is CCCCCCN(C(=O)c1ccc(CCCCC)cc1)C(C)c1nc2cc(Cl)ccc2c(=O)n1-c1ccc(C)cc1. The Hall–Kier alpha value is -3.44. The van der Waals surface area contributed by atoms with Crippen molar-refractivity contribution in [2.75, 3.05) is 6.54 Å². The van der Waals surface area contributed by atoms with Crippen LogP contribution >= 0.6 is 11.6 Å². The molecule has 41 heavy (non-hydrogen) atoms. The molecule has 0 saturated carbocycles. The maximum Gasteiger partial charge on any atom is 0.266 e. The predicted molar refractivity (Wildman–Crippen MR) is 170 cm³/mol. The Morgan fingerprint density at radius 2 is 1.59 bits per heavy atom. The molecule has 1 heterocycles. The number of aromatic nitrogens is 2. The molecule has 216 valence electrons. The maximum absolute atomic E-state index is 14.1. The minimum absolute atomic E-state index is 0.0509. The summed E-state index contributed by atoms with van der Waals surface area (Å²) in [5, 5.41) is 1.01. The molecule has 0 aliphatic carbocycles. The first-order valence-corrected chi connectivity index (χ1v) is 15.4. The number of halogens is 1. The van der Waals surface area contributed by atoms with Crippen LogP contribution in [0.25, 0.3) is 16.6 Å². The number of nitrogens with zero attached hydrogens (tertiary/aromatic N) is 3. The summed E-state index contributed by atoms with van der Waals surface area (Å²) in [5.41, 5.74) is 4.08. The summed E-state index contributed by atoms with van der Waals surface area (Å²) in [4.78, 5) is 34.9. The topological polar surface area (TPSA) is 55.2 Å². The number of benzene rings is 3. The Morgan fingerprint density at radius 3 is 2.27 bits per heavy atom. The van der Waals surface area contributed by atoms with Crippen molar-refractivity contribution in [3.8, 4) is 5.69 Å². The van der Waals surface area contributed by atoms with E-state index < -0.39 is 6.04 Å². The van der Waals surface area contributed by atoms with E-state index in [4.69, 9.17) is 16.6 Å². The van der Waals surface area contributed by atoms with Gasteiger partial charge in [0.2, 0.25) is 0 Å². The molecule has 4 rings (SSSR count). The van der Waals surface area contributed by atoms with Crippen LogP contribution in [0.3, 0.4) is 0 Å². The van der Waals surface area contributed by atoms with E-state index in [0.29, 0.717) is 33.9 Å². The number of hydrogen-bond acceptors (Lipinski definition) is 3. The summed E-state index contributed by atoms with van der Waals surface area (Å²) >= 11 is 6.31. The van der Waals surface area contributed by atoms with Crippen LogP contribution in [0.2, 0.25) is 5.02 Å². The Balaban J connectivity index is 1.78. The summed E-state index contributed by atoms with van der Waals surface area (Å²) in [6.07, 6.45) is 8.71. The summed E-state index contributed by atoms with van der Waals surface area (Å²) in [6.45, 7) is 8.95. The lowest BCUT2D eigenvalue weighted by atomic mass is 10.0. The summed E-state index contributed by atoms with van der Waals surface area (Å²) < 4.78 is 1.66. The van der Waals surface area contributed by atoms with Crippen LogP contribution in [0.1, 0.15) is 99.1 Å². The monoisotopic (exact) mass is 571 g/mol. The minimum atomic E-state index is -0.453. The number of amides is 1. The van der Waals surface area contributed by atoms with Gasteiger partial charge in [-0.2, -0.15) is 0 Å². The third-order valence-corrected chi connectivity index (χ3v) is 8.01. The standard InChI is InChI=1S/C35H42ClN3O2/c1-5-7-9-11-23-38(34(40)28-17-15-27(16-18-28)12-10-8-6-2)26(4)33-37-32-24-29(36)19-22-31(32)35(41)39(33)30-20-13-25(3)14-21-30/h13-22,24,26H,5-12,23H2,1-4H3. The van der Waals surface area contributed by atoms with E-state index in [0.717, 1.165) is 49.8 Å². The number of carbonyl (C=O) groups is 1. The number of fused-ring (bicyclic) bond motifs is 1. The van der Waals surface area contributed by atoms with E-state index in [9.17, 15) is 9.59 Å². The van der Waals surface area contributed by atoms with Gasteiger partial charge in [-0.25, -0.2) is 4.98 Å². The number of rotatable bonds is 13. The molecule has 0 bridgehead atoms. The van der Waals surface area contributed by atoms with E-state index in [2.05, 4.69) is 26.0 Å². The lowest BCUT2D eigenvalue weighted by molar-refractivity contribution is 0.0677. The van der Waals surface area contributed by atoms with Gasteiger partial charge in [0.05, 0.1) is 22.6 Å². The first kappa shape index (κ1) is 30.5. The second-order valence-corrected chi connectivity index (χ2v) is 11.4. The molecule has 0 spiro atoms. The number of hydrogen-bond donors (Lipinski definition) is 0. The van der Waals surface area contributed by atoms with E-state index in [-0.39, 0.29) is 11.5 Å². The average Bonchev–Trinajstić information content (AvgIpc) is 2.97. The summed E-state index contributed by atoms with van der Waals surface area (Å²) in [6, 6.07) is 20.6. The fraction of sp³-hybridized carbons (Fsp3) is 0.400. The molecule has 0 fully saturated rings. The Labute approximate surface area is 249 Å². The van der Waals surface area contributed by atoms with Crippen LogP contribution in [0.4, 0.5) is 0 Å². The molecule has 0 saturated heterocycles. The van der Waals surface area contributed by atoms with E-state index in [1.807, 2.05) is 55.1 Å². The van der Waals surface area contributed by atoms with Gasteiger partial charge in [-0.05, 0) is 81.1 Å². The van der Waals surface area contributed by atoms with Gasteiger partial charge >= 0.3 is 0 Å². The highest BCUT2D eigenvalue weighted by atomic mass is 35.5.